The lowest BCUT2D eigenvalue weighted by Crippen LogP contribution is -2.32. The first kappa shape index (κ1) is 16.6. The molecule has 118 valence electrons. The Hall–Kier alpha value is -1.72. The molecule has 0 spiro atoms. The van der Waals surface area contributed by atoms with Crippen LogP contribution in [-0.2, 0) is 0 Å². The largest absolute Gasteiger partial charge is 0.349 e. The van der Waals surface area contributed by atoms with E-state index in [9.17, 15) is 4.79 Å². The van der Waals surface area contributed by atoms with E-state index >= 15 is 0 Å². The number of benzene rings is 1. The van der Waals surface area contributed by atoms with Crippen molar-refractivity contribution < 1.29 is 4.79 Å². The maximum Gasteiger partial charge on any atom is 0.270 e. The smallest absolute Gasteiger partial charge is 0.270 e. The molecule has 0 atom stereocenters. The van der Waals surface area contributed by atoms with Crippen molar-refractivity contribution in [1.29, 1.82) is 0 Å². The first-order valence-electron chi connectivity index (χ1n) is 7.64. The van der Waals surface area contributed by atoms with Crippen LogP contribution in [0.3, 0.4) is 0 Å². The summed E-state index contributed by atoms with van der Waals surface area (Å²) in [6.45, 7) is 8.65. The molecule has 2 rings (SSSR count). The van der Waals surface area contributed by atoms with Gasteiger partial charge >= 0.3 is 0 Å². The molecule has 0 unspecified atom stereocenters. The zero-order valence-electron chi connectivity index (χ0n) is 13.4. The van der Waals surface area contributed by atoms with E-state index in [0.717, 1.165) is 30.1 Å². The predicted molar refractivity (Wildman–Crippen MR) is 92.5 cm³/mol. The van der Waals surface area contributed by atoms with E-state index in [1.165, 1.54) is 22.5 Å². The van der Waals surface area contributed by atoms with Crippen LogP contribution in [0.4, 0.5) is 0 Å². The van der Waals surface area contributed by atoms with Crippen molar-refractivity contribution in [2.45, 2.75) is 27.2 Å². The van der Waals surface area contributed by atoms with Gasteiger partial charge in [0.2, 0.25) is 0 Å². The number of hydrogen-bond donors (Lipinski definition) is 2. The molecule has 2 aromatic rings. The molecule has 0 aliphatic rings. The van der Waals surface area contributed by atoms with Crippen LogP contribution in [-0.4, -0.2) is 30.5 Å². The van der Waals surface area contributed by atoms with Crippen molar-refractivity contribution in [3.63, 3.8) is 0 Å². The summed E-state index contributed by atoms with van der Waals surface area (Å²) >= 11 is 1.51. The average molecular weight is 317 g/mol. The van der Waals surface area contributed by atoms with Crippen molar-refractivity contribution in [3.05, 3.63) is 40.4 Å². The van der Waals surface area contributed by atoms with Crippen molar-refractivity contribution in [1.82, 2.24) is 15.6 Å². The van der Waals surface area contributed by atoms with Crippen LogP contribution in [0.5, 0.6) is 0 Å². The van der Waals surface area contributed by atoms with Crippen molar-refractivity contribution >= 4 is 17.2 Å². The maximum absolute atomic E-state index is 12.1. The second-order valence-electron chi connectivity index (χ2n) is 5.36. The number of amides is 1. The predicted octanol–water partition coefficient (Wildman–Crippen LogP) is 3.16. The topological polar surface area (TPSA) is 54.0 Å². The zero-order chi connectivity index (χ0) is 15.9. The lowest BCUT2D eigenvalue weighted by atomic mass is 10.1. The fourth-order valence-electron chi connectivity index (χ4n) is 2.21. The van der Waals surface area contributed by atoms with E-state index in [2.05, 4.69) is 54.6 Å². The number of carbonyl (C=O) groups is 1. The number of carbonyl (C=O) groups excluding carboxylic acids is 1. The first-order valence-corrected chi connectivity index (χ1v) is 8.52. The van der Waals surface area contributed by atoms with Crippen molar-refractivity contribution in [2.24, 2.45) is 0 Å². The fraction of sp³-hybridized carbons (Fsp3) is 0.412. The number of rotatable bonds is 7. The summed E-state index contributed by atoms with van der Waals surface area (Å²) in [6.07, 6.45) is 1.10. The molecule has 4 nitrogen and oxygen atoms in total. The van der Waals surface area contributed by atoms with Crippen LogP contribution in [0.2, 0.25) is 0 Å². The lowest BCUT2D eigenvalue weighted by Gasteiger charge is -2.05. The third kappa shape index (κ3) is 4.39. The number of nitrogens with one attached hydrogen (secondary N) is 2. The molecule has 1 aromatic carbocycles. The summed E-state index contributed by atoms with van der Waals surface area (Å²) in [5, 5.41) is 8.86. The van der Waals surface area contributed by atoms with Crippen LogP contribution in [0.1, 0.15) is 35.0 Å². The Balaban J connectivity index is 1.97. The van der Waals surface area contributed by atoms with Crippen LogP contribution >= 0.6 is 11.3 Å². The van der Waals surface area contributed by atoms with Gasteiger partial charge in [0.1, 0.15) is 10.7 Å². The average Bonchev–Trinajstić information content (AvgIpc) is 2.96. The van der Waals surface area contributed by atoms with Gasteiger partial charge in [0.25, 0.3) is 5.91 Å². The van der Waals surface area contributed by atoms with Gasteiger partial charge in [-0.3, -0.25) is 4.79 Å². The summed E-state index contributed by atoms with van der Waals surface area (Å²) in [5.41, 5.74) is 4.01. The van der Waals surface area contributed by atoms with Crippen LogP contribution in [0.25, 0.3) is 10.6 Å². The minimum Gasteiger partial charge on any atom is -0.349 e. The highest BCUT2D eigenvalue weighted by atomic mass is 32.1. The number of aryl methyl sites for hydroxylation is 2. The molecule has 2 N–H and O–H groups in total. The van der Waals surface area contributed by atoms with Gasteiger partial charge in [0.05, 0.1) is 0 Å². The summed E-state index contributed by atoms with van der Waals surface area (Å²) in [7, 11) is 0. The highest BCUT2D eigenvalue weighted by Gasteiger charge is 2.12. The lowest BCUT2D eigenvalue weighted by molar-refractivity contribution is 0.0949. The van der Waals surface area contributed by atoms with E-state index < -0.39 is 0 Å². The second kappa shape index (κ2) is 8.06. The number of thiazole rings is 1. The molecule has 0 bridgehead atoms. The molecule has 0 fully saturated rings. The van der Waals surface area contributed by atoms with Crippen LogP contribution in [0.15, 0.2) is 23.6 Å². The molecule has 0 saturated carbocycles. The monoisotopic (exact) mass is 317 g/mol. The third-order valence-electron chi connectivity index (χ3n) is 3.36. The van der Waals surface area contributed by atoms with E-state index in [-0.39, 0.29) is 5.91 Å². The molecule has 0 saturated heterocycles. The van der Waals surface area contributed by atoms with Gasteiger partial charge in [-0.25, -0.2) is 4.98 Å². The Morgan fingerprint density at radius 3 is 2.77 bits per heavy atom. The summed E-state index contributed by atoms with van der Waals surface area (Å²) in [5.74, 6) is -0.106. The standard InChI is InChI=1S/C17H23N3OS/c1-4-7-18-8-9-19-16(21)15-11-22-17(20-15)14-6-5-12(2)10-13(14)3/h5-6,10-11,18H,4,7-9H2,1-3H3,(H,19,21). The minimum atomic E-state index is -0.106. The summed E-state index contributed by atoms with van der Waals surface area (Å²) in [4.78, 5) is 16.5. The molecule has 0 radical (unpaired) electrons. The van der Waals surface area contributed by atoms with E-state index in [4.69, 9.17) is 0 Å². The van der Waals surface area contributed by atoms with E-state index in [1.807, 2.05) is 5.38 Å². The first-order chi connectivity index (χ1) is 10.6. The Bertz CT molecular complexity index is 637. The van der Waals surface area contributed by atoms with Crippen molar-refractivity contribution in [2.75, 3.05) is 19.6 Å². The molecule has 5 heteroatoms. The number of hydrogen-bond acceptors (Lipinski definition) is 4. The third-order valence-corrected chi connectivity index (χ3v) is 4.24. The molecule has 0 aliphatic carbocycles. The van der Waals surface area contributed by atoms with Gasteiger partial charge in [0.15, 0.2) is 0 Å². The van der Waals surface area contributed by atoms with Crippen LogP contribution in [0, 0.1) is 13.8 Å². The minimum absolute atomic E-state index is 0.106. The normalized spacial score (nSPS) is 10.7. The van der Waals surface area contributed by atoms with Gasteiger partial charge < -0.3 is 10.6 Å². The van der Waals surface area contributed by atoms with Gasteiger partial charge in [-0.05, 0) is 32.4 Å². The van der Waals surface area contributed by atoms with E-state index in [0.29, 0.717) is 12.2 Å². The molecule has 22 heavy (non-hydrogen) atoms. The Labute approximate surface area is 136 Å². The Morgan fingerprint density at radius 2 is 2.05 bits per heavy atom. The molecule has 1 amide bonds. The van der Waals surface area contributed by atoms with Crippen molar-refractivity contribution in [3.8, 4) is 10.6 Å². The summed E-state index contributed by atoms with van der Waals surface area (Å²) in [6, 6.07) is 6.28. The Morgan fingerprint density at radius 1 is 1.23 bits per heavy atom. The van der Waals surface area contributed by atoms with Gasteiger partial charge in [-0.15, -0.1) is 11.3 Å². The highest BCUT2D eigenvalue weighted by Crippen LogP contribution is 2.27. The second-order valence-corrected chi connectivity index (χ2v) is 6.22. The fourth-order valence-corrected chi connectivity index (χ4v) is 3.10. The molecule has 1 heterocycles. The molecular formula is C17H23N3OS. The molecule has 1 aromatic heterocycles. The summed E-state index contributed by atoms with van der Waals surface area (Å²) < 4.78 is 0. The number of aromatic nitrogens is 1. The Kier molecular flexibility index (Phi) is 6.10. The maximum atomic E-state index is 12.1. The van der Waals surface area contributed by atoms with Gasteiger partial charge in [-0.1, -0.05) is 30.7 Å². The quantitative estimate of drug-likeness (QED) is 0.771. The van der Waals surface area contributed by atoms with E-state index in [1.54, 1.807) is 0 Å². The molecular weight excluding hydrogens is 294 g/mol. The van der Waals surface area contributed by atoms with Gasteiger partial charge in [-0.2, -0.15) is 0 Å². The zero-order valence-corrected chi connectivity index (χ0v) is 14.2. The highest BCUT2D eigenvalue weighted by molar-refractivity contribution is 7.13. The SMILES string of the molecule is CCCNCCNC(=O)c1csc(-c2ccc(C)cc2C)n1. The number of nitrogens with zero attached hydrogens (tertiary/aromatic N) is 1. The molecule has 0 aliphatic heterocycles. The van der Waals surface area contributed by atoms with Gasteiger partial charge in [0, 0.05) is 24.0 Å². The van der Waals surface area contributed by atoms with Crippen LogP contribution < -0.4 is 10.6 Å².